The minimum absolute atomic E-state index is 0. The second-order valence-electron chi connectivity index (χ2n) is 4.31. The number of hydrogen-bond donors (Lipinski definition) is 2. The average molecular weight is 356 g/mol. The van der Waals surface area contributed by atoms with Crippen LogP contribution in [-0.2, 0) is 10.0 Å². The highest BCUT2D eigenvalue weighted by atomic mass is 79.9. The highest BCUT2D eigenvalue weighted by molar-refractivity contribution is 9.10. The maximum atomic E-state index is 11.9. The molecule has 4 nitrogen and oxygen atoms in total. The van der Waals surface area contributed by atoms with Gasteiger partial charge in [0.1, 0.15) is 0 Å². The number of rotatable bonds is 5. The lowest BCUT2D eigenvalue weighted by Gasteiger charge is -2.12. The van der Waals surface area contributed by atoms with Crippen molar-refractivity contribution >= 4 is 38.4 Å². The molecule has 2 rings (SSSR count). The van der Waals surface area contributed by atoms with Gasteiger partial charge in [-0.3, -0.25) is 0 Å². The molecule has 1 aromatic carbocycles. The minimum Gasteiger partial charge on any atom is -0.326 e. The lowest BCUT2D eigenvalue weighted by atomic mass is 10.2. The second-order valence-corrected chi connectivity index (χ2v) is 6.99. The lowest BCUT2D eigenvalue weighted by Crippen LogP contribution is -2.38. The molecule has 0 amide bonds. The van der Waals surface area contributed by atoms with Crippen molar-refractivity contribution < 1.29 is 8.42 Å². The van der Waals surface area contributed by atoms with Crippen LogP contribution in [0.2, 0.25) is 0 Å². The van der Waals surface area contributed by atoms with Gasteiger partial charge in [0.2, 0.25) is 10.0 Å². The fourth-order valence-corrected chi connectivity index (χ4v) is 3.28. The van der Waals surface area contributed by atoms with Crippen molar-refractivity contribution in [3.05, 3.63) is 28.7 Å². The van der Waals surface area contributed by atoms with Crippen LogP contribution >= 0.6 is 28.3 Å². The van der Waals surface area contributed by atoms with Gasteiger partial charge >= 0.3 is 0 Å². The second kappa shape index (κ2) is 6.34. The summed E-state index contributed by atoms with van der Waals surface area (Å²) < 4.78 is 27.2. The van der Waals surface area contributed by atoms with Crippen molar-refractivity contribution in [3.63, 3.8) is 0 Å². The Morgan fingerprint density at radius 2 is 2.11 bits per heavy atom. The van der Waals surface area contributed by atoms with Crippen LogP contribution in [0.4, 0.5) is 0 Å². The predicted octanol–water partition coefficient (Wildman–Crippen LogP) is 1.89. The SMILES string of the molecule is Cl.NC(CNS(=O)(=O)c1cccc(Br)c1)C1CC1. The number of benzene rings is 1. The first-order valence-corrected chi connectivity index (χ1v) is 7.77. The molecule has 102 valence electrons. The van der Waals surface area contributed by atoms with Crippen molar-refractivity contribution in [1.82, 2.24) is 4.72 Å². The molecule has 0 saturated heterocycles. The summed E-state index contributed by atoms with van der Waals surface area (Å²) in [6, 6.07) is 6.55. The van der Waals surface area contributed by atoms with Gasteiger partial charge in [0.15, 0.2) is 0 Å². The highest BCUT2D eigenvalue weighted by Crippen LogP contribution is 2.31. The summed E-state index contributed by atoms with van der Waals surface area (Å²) >= 11 is 3.25. The summed E-state index contributed by atoms with van der Waals surface area (Å²) in [4.78, 5) is 0.259. The Morgan fingerprint density at radius 3 is 2.67 bits per heavy atom. The largest absolute Gasteiger partial charge is 0.326 e. The van der Waals surface area contributed by atoms with Gasteiger partial charge in [0.05, 0.1) is 4.90 Å². The van der Waals surface area contributed by atoms with E-state index in [1.165, 1.54) is 0 Å². The summed E-state index contributed by atoms with van der Waals surface area (Å²) in [5, 5.41) is 0. The molecular weight excluding hydrogens is 340 g/mol. The first-order chi connectivity index (χ1) is 7.99. The van der Waals surface area contributed by atoms with Gasteiger partial charge in [0.25, 0.3) is 0 Å². The van der Waals surface area contributed by atoms with E-state index in [1.54, 1.807) is 24.3 Å². The summed E-state index contributed by atoms with van der Waals surface area (Å²) in [5.41, 5.74) is 5.86. The molecule has 1 atom stereocenters. The van der Waals surface area contributed by atoms with Crippen molar-refractivity contribution in [3.8, 4) is 0 Å². The fraction of sp³-hybridized carbons (Fsp3) is 0.455. The van der Waals surface area contributed by atoms with E-state index in [-0.39, 0.29) is 23.3 Å². The highest BCUT2D eigenvalue weighted by Gasteiger charge is 2.29. The Balaban J connectivity index is 0.00000162. The molecule has 0 spiro atoms. The van der Waals surface area contributed by atoms with Crippen molar-refractivity contribution in [2.24, 2.45) is 11.7 Å². The van der Waals surface area contributed by atoms with Crippen LogP contribution < -0.4 is 10.5 Å². The maximum absolute atomic E-state index is 11.9. The molecule has 0 bridgehead atoms. The van der Waals surface area contributed by atoms with Crippen LogP contribution in [0.5, 0.6) is 0 Å². The predicted molar refractivity (Wildman–Crippen MR) is 77.3 cm³/mol. The van der Waals surface area contributed by atoms with E-state index >= 15 is 0 Å². The van der Waals surface area contributed by atoms with Crippen LogP contribution in [-0.4, -0.2) is 21.0 Å². The Labute approximate surface area is 122 Å². The summed E-state index contributed by atoms with van der Waals surface area (Å²) in [6.45, 7) is 0.305. The molecule has 1 fully saturated rings. The Kier molecular flexibility index (Phi) is 5.61. The van der Waals surface area contributed by atoms with E-state index in [1.807, 2.05) is 0 Å². The van der Waals surface area contributed by atoms with Gasteiger partial charge in [-0.25, -0.2) is 13.1 Å². The number of hydrogen-bond acceptors (Lipinski definition) is 3. The Morgan fingerprint density at radius 1 is 1.44 bits per heavy atom. The van der Waals surface area contributed by atoms with Crippen molar-refractivity contribution in [2.45, 2.75) is 23.8 Å². The molecule has 1 saturated carbocycles. The molecule has 1 aliphatic rings. The average Bonchev–Trinajstić information content (AvgIpc) is 3.10. The van der Waals surface area contributed by atoms with E-state index in [2.05, 4.69) is 20.7 Å². The minimum atomic E-state index is -3.44. The van der Waals surface area contributed by atoms with Gasteiger partial charge < -0.3 is 5.73 Å². The van der Waals surface area contributed by atoms with Gasteiger partial charge in [-0.15, -0.1) is 12.4 Å². The third kappa shape index (κ3) is 4.20. The van der Waals surface area contributed by atoms with Crippen LogP contribution in [0.15, 0.2) is 33.6 Å². The van der Waals surface area contributed by atoms with Gasteiger partial charge in [0, 0.05) is 17.1 Å². The zero-order valence-electron chi connectivity index (χ0n) is 9.67. The Bertz CT molecular complexity index is 506. The molecule has 0 radical (unpaired) electrons. The normalized spacial score (nSPS) is 17.0. The van der Waals surface area contributed by atoms with E-state index in [0.717, 1.165) is 17.3 Å². The lowest BCUT2D eigenvalue weighted by molar-refractivity contribution is 0.547. The molecule has 0 aromatic heterocycles. The molecule has 0 heterocycles. The molecule has 3 N–H and O–H groups in total. The smallest absolute Gasteiger partial charge is 0.240 e. The molecule has 18 heavy (non-hydrogen) atoms. The molecular formula is C11H16BrClN2O2S. The number of halogens is 2. The quantitative estimate of drug-likeness (QED) is 0.847. The van der Waals surface area contributed by atoms with Gasteiger partial charge in [-0.05, 0) is 37.0 Å². The molecule has 7 heteroatoms. The van der Waals surface area contributed by atoms with E-state index in [4.69, 9.17) is 5.73 Å². The van der Waals surface area contributed by atoms with Gasteiger partial charge in [-0.1, -0.05) is 22.0 Å². The number of nitrogens with one attached hydrogen (secondary N) is 1. The third-order valence-corrected chi connectivity index (χ3v) is 4.76. The third-order valence-electron chi connectivity index (χ3n) is 2.84. The number of nitrogens with two attached hydrogens (primary N) is 1. The zero-order valence-corrected chi connectivity index (χ0v) is 12.9. The molecule has 1 unspecified atom stereocenters. The number of sulfonamides is 1. The van der Waals surface area contributed by atoms with Crippen molar-refractivity contribution in [2.75, 3.05) is 6.54 Å². The fourth-order valence-electron chi connectivity index (χ4n) is 1.61. The van der Waals surface area contributed by atoms with Crippen LogP contribution in [0.3, 0.4) is 0 Å². The van der Waals surface area contributed by atoms with Crippen LogP contribution in [0, 0.1) is 5.92 Å². The first kappa shape index (κ1) is 15.9. The maximum Gasteiger partial charge on any atom is 0.240 e. The van der Waals surface area contributed by atoms with E-state index < -0.39 is 10.0 Å². The zero-order chi connectivity index (χ0) is 12.5. The summed E-state index contributed by atoms with van der Waals surface area (Å²) in [6.07, 6.45) is 2.22. The van der Waals surface area contributed by atoms with Crippen molar-refractivity contribution in [1.29, 1.82) is 0 Å². The Hall–Kier alpha value is -0.140. The topological polar surface area (TPSA) is 72.2 Å². The van der Waals surface area contributed by atoms with Gasteiger partial charge in [-0.2, -0.15) is 0 Å². The van der Waals surface area contributed by atoms with Crippen LogP contribution in [0.25, 0.3) is 0 Å². The van der Waals surface area contributed by atoms with Crippen LogP contribution in [0.1, 0.15) is 12.8 Å². The first-order valence-electron chi connectivity index (χ1n) is 5.50. The molecule has 0 aliphatic heterocycles. The monoisotopic (exact) mass is 354 g/mol. The van der Waals surface area contributed by atoms with E-state index in [0.29, 0.717) is 12.5 Å². The standard InChI is InChI=1S/C11H15BrN2O2S.ClH/c12-9-2-1-3-10(6-9)17(15,16)14-7-11(13)8-4-5-8;/h1-3,6,8,11,14H,4-5,7,13H2;1H. The molecule has 1 aromatic rings. The summed E-state index contributed by atoms with van der Waals surface area (Å²) in [7, 11) is -3.44. The molecule has 1 aliphatic carbocycles. The summed E-state index contributed by atoms with van der Waals surface area (Å²) in [5.74, 6) is 0.486. The van der Waals surface area contributed by atoms with E-state index in [9.17, 15) is 8.42 Å².